The lowest BCUT2D eigenvalue weighted by molar-refractivity contribution is 0.949. The number of nitrogens with zero attached hydrogens (tertiary/aromatic N) is 4. The first-order chi connectivity index (χ1) is 13.3. The summed E-state index contributed by atoms with van der Waals surface area (Å²) >= 11 is 0. The molecule has 0 aliphatic carbocycles. The van der Waals surface area contributed by atoms with Gasteiger partial charge in [-0.15, -0.1) is 5.10 Å². The molecule has 0 unspecified atom stereocenters. The van der Waals surface area contributed by atoms with Crippen LogP contribution < -0.4 is 15.5 Å². The van der Waals surface area contributed by atoms with E-state index in [9.17, 15) is 0 Å². The molecule has 1 saturated heterocycles. The SMILES string of the molecule is CCc1ccccc1Nc1cnnc(Nc2ccc(N3CCCC3)cc2)n1. The number of anilines is 5. The van der Waals surface area contributed by atoms with Crippen LogP contribution in [0.1, 0.15) is 25.3 Å². The lowest BCUT2D eigenvalue weighted by atomic mass is 10.1. The van der Waals surface area contributed by atoms with Crippen molar-refractivity contribution in [2.75, 3.05) is 28.6 Å². The number of aromatic nitrogens is 3. The van der Waals surface area contributed by atoms with Gasteiger partial charge in [0.15, 0.2) is 5.82 Å². The van der Waals surface area contributed by atoms with Crippen molar-refractivity contribution in [1.29, 1.82) is 0 Å². The summed E-state index contributed by atoms with van der Waals surface area (Å²) in [7, 11) is 0. The van der Waals surface area contributed by atoms with Crippen molar-refractivity contribution in [1.82, 2.24) is 15.2 Å². The van der Waals surface area contributed by atoms with E-state index in [4.69, 9.17) is 0 Å². The molecule has 2 N–H and O–H groups in total. The zero-order valence-corrected chi connectivity index (χ0v) is 15.5. The van der Waals surface area contributed by atoms with Crippen LogP contribution in [0.2, 0.25) is 0 Å². The molecule has 0 bridgehead atoms. The highest BCUT2D eigenvalue weighted by Gasteiger charge is 2.12. The molecule has 0 radical (unpaired) electrons. The van der Waals surface area contributed by atoms with Crippen LogP contribution in [0.4, 0.5) is 28.8 Å². The van der Waals surface area contributed by atoms with E-state index in [2.05, 4.69) is 68.0 Å². The largest absolute Gasteiger partial charge is 0.372 e. The van der Waals surface area contributed by atoms with Gasteiger partial charge in [-0.3, -0.25) is 0 Å². The molecule has 1 aliphatic heterocycles. The van der Waals surface area contributed by atoms with E-state index in [1.165, 1.54) is 24.1 Å². The van der Waals surface area contributed by atoms with Crippen molar-refractivity contribution in [2.45, 2.75) is 26.2 Å². The Kier molecular flexibility index (Phi) is 5.14. The molecule has 1 aromatic heterocycles. The number of para-hydroxylation sites is 1. The Morgan fingerprint density at radius 3 is 2.52 bits per heavy atom. The minimum atomic E-state index is 0.475. The molecule has 0 atom stereocenters. The van der Waals surface area contributed by atoms with Crippen LogP contribution in [-0.4, -0.2) is 28.3 Å². The highest BCUT2D eigenvalue weighted by molar-refractivity contribution is 5.63. The highest BCUT2D eigenvalue weighted by atomic mass is 15.3. The number of aryl methyl sites for hydroxylation is 1. The number of hydrogen-bond donors (Lipinski definition) is 2. The molecule has 0 amide bonds. The molecule has 0 saturated carbocycles. The van der Waals surface area contributed by atoms with Gasteiger partial charge in [-0.1, -0.05) is 25.1 Å². The van der Waals surface area contributed by atoms with Gasteiger partial charge in [-0.05, 0) is 55.2 Å². The van der Waals surface area contributed by atoms with Crippen molar-refractivity contribution >= 4 is 28.8 Å². The van der Waals surface area contributed by atoms with E-state index in [1.54, 1.807) is 6.20 Å². The molecule has 27 heavy (non-hydrogen) atoms. The summed E-state index contributed by atoms with van der Waals surface area (Å²) in [6.07, 6.45) is 5.14. The van der Waals surface area contributed by atoms with Crippen molar-refractivity contribution in [3.05, 3.63) is 60.3 Å². The lowest BCUT2D eigenvalue weighted by Gasteiger charge is -2.17. The predicted molar refractivity (Wildman–Crippen MR) is 110 cm³/mol. The van der Waals surface area contributed by atoms with Gasteiger partial charge in [-0.2, -0.15) is 10.1 Å². The van der Waals surface area contributed by atoms with Crippen molar-refractivity contribution in [3.63, 3.8) is 0 Å². The van der Waals surface area contributed by atoms with Crippen molar-refractivity contribution in [2.24, 2.45) is 0 Å². The van der Waals surface area contributed by atoms with Gasteiger partial charge in [-0.25, -0.2) is 0 Å². The van der Waals surface area contributed by atoms with Gasteiger partial charge in [0.25, 0.3) is 0 Å². The second-order valence-corrected chi connectivity index (χ2v) is 6.67. The van der Waals surface area contributed by atoms with Crippen molar-refractivity contribution < 1.29 is 0 Å². The standard InChI is InChI=1S/C21H24N6/c1-2-16-7-3-4-8-19(16)24-20-15-22-26-21(25-20)23-17-9-11-18(12-10-17)27-13-5-6-14-27/h3-4,7-12,15H,2,5-6,13-14H2,1H3,(H2,23,24,25,26). The number of nitrogens with one attached hydrogen (secondary N) is 2. The van der Waals surface area contributed by atoms with Crippen LogP contribution in [0.25, 0.3) is 0 Å². The van der Waals surface area contributed by atoms with E-state index in [-0.39, 0.29) is 0 Å². The Balaban J connectivity index is 1.46. The number of hydrogen-bond acceptors (Lipinski definition) is 6. The molecule has 2 aromatic carbocycles. The average Bonchev–Trinajstić information content (AvgIpc) is 3.24. The Morgan fingerprint density at radius 2 is 1.74 bits per heavy atom. The Morgan fingerprint density at radius 1 is 0.963 bits per heavy atom. The number of benzene rings is 2. The minimum Gasteiger partial charge on any atom is -0.372 e. The number of rotatable bonds is 6. The molecular weight excluding hydrogens is 336 g/mol. The third-order valence-corrected chi connectivity index (χ3v) is 4.81. The summed E-state index contributed by atoms with van der Waals surface area (Å²) in [5.41, 5.74) is 4.50. The van der Waals surface area contributed by atoms with Crippen LogP contribution >= 0.6 is 0 Å². The fourth-order valence-electron chi connectivity index (χ4n) is 3.37. The fraction of sp³-hybridized carbons (Fsp3) is 0.286. The van der Waals surface area contributed by atoms with E-state index in [1.807, 2.05) is 18.2 Å². The van der Waals surface area contributed by atoms with Crippen LogP contribution in [0, 0.1) is 0 Å². The molecular formula is C21H24N6. The first-order valence-corrected chi connectivity index (χ1v) is 9.48. The maximum atomic E-state index is 4.53. The van der Waals surface area contributed by atoms with Crippen LogP contribution in [0.5, 0.6) is 0 Å². The molecule has 2 heterocycles. The quantitative estimate of drug-likeness (QED) is 0.674. The van der Waals surface area contributed by atoms with Gasteiger partial charge in [0.2, 0.25) is 5.95 Å². The van der Waals surface area contributed by atoms with Crippen molar-refractivity contribution in [3.8, 4) is 0 Å². The van der Waals surface area contributed by atoms with E-state index >= 15 is 0 Å². The lowest BCUT2D eigenvalue weighted by Crippen LogP contribution is -2.17. The Bertz CT molecular complexity index is 887. The fourth-order valence-corrected chi connectivity index (χ4v) is 3.37. The van der Waals surface area contributed by atoms with Gasteiger partial charge < -0.3 is 15.5 Å². The molecule has 3 aromatic rings. The molecule has 6 heteroatoms. The second kappa shape index (κ2) is 8.03. The van der Waals surface area contributed by atoms with E-state index < -0.39 is 0 Å². The summed E-state index contributed by atoms with van der Waals surface area (Å²) in [4.78, 5) is 6.95. The topological polar surface area (TPSA) is 66.0 Å². The average molecular weight is 360 g/mol. The zero-order valence-electron chi connectivity index (χ0n) is 15.5. The van der Waals surface area contributed by atoms with Gasteiger partial charge in [0.05, 0.1) is 6.20 Å². The van der Waals surface area contributed by atoms with Crippen LogP contribution in [0.15, 0.2) is 54.7 Å². The molecule has 6 nitrogen and oxygen atoms in total. The van der Waals surface area contributed by atoms with Crippen LogP contribution in [0.3, 0.4) is 0 Å². The Hall–Kier alpha value is -3.15. The molecule has 1 fully saturated rings. The predicted octanol–water partition coefficient (Wildman–Crippen LogP) is 4.52. The normalized spacial score (nSPS) is 13.6. The van der Waals surface area contributed by atoms with E-state index in [0.717, 1.165) is 30.9 Å². The highest BCUT2D eigenvalue weighted by Crippen LogP contribution is 2.24. The van der Waals surface area contributed by atoms with E-state index in [0.29, 0.717) is 11.8 Å². The maximum absolute atomic E-state index is 4.53. The summed E-state index contributed by atoms with van der Waals surface area (Å²) in [6, 6.07) is 16.6. The smallest absolute Gasteiger partial charge is 0.249 e. The maximum Gasteiger partial charge on any atom is 0.249 e. The van der Waals surface area contributed by atoms with Gasteiger partial charge >= 0.3 is 0 Å². The summed E-state index contributed by atoms with van der Waals surface area (Å²) in [5.74, 6) is 1.14. The second-order valence-electron chi connectivity index (χ2n) is 6.67. The Labute approximate surface area is 159 Å². The summed E-state index contributed by atoms with van der Waals surface area (Å²) in [6.45, 7) is 4.43. The van der Waals surface area contributed by atoms with Crippen LogP contribution in [-0.2, 0) is 6.42 Å². The molecule has 138 valence electrons. The molecule has 4 rings (SSSR count). The first-order valence-electron chi connectivity index (χ1n) is 9.48. The van der Waals surface area contributed by atoms with Gasteiger partial charge in [0.1, 0.15) is 0 Å². The minimum absolute atomic E-state index is 0.475. The third kappa shape index (κ3) is 4.16. The summed E-state index contributed by atoms with van der Waals surface area (Å²) in [5, 5.41) is 14.7. The summed E-state index contributed by atoms with van der Waals surface area (Å²) < 4.78 is 0. The third-order valence-electron chi connectivity index (χ3n) is 4.81. The first kappa shape index (κ1) is 17.3. The molecule has 0 spiro atoms. The van der Waals surface area contributed by atoms with Gasteiger partial charge in [0, 0.05) is 30.2 Å². The molecule has 1 aliphatic rings. The zero-order chi connectivity index (χ0) is 18.5. The monoisotopic (exact) mass is 360 g/mol.